The number of rotatable bonds is 2. The Morgan fingerprint density at radius 3 is 2.58 bits per heavy atom. The molecule has 0 atom stereocenters. The molecular weight excluding hydrogens is 237 g/mol. The maximum Gasteiger partial charge on any atom is 0.0204 e. The van der Waals surface area contributed by atoms with Crippen molar-refractivity contribution in [1.29, 1.82) is 0 Å². The number of aryl methyl sites for hydroxylation is 1. The predicted octanol–water partition coefficient (Wildman–Crippen LogP) is 2.68. The van der Waals surface area contributed by atoms with E-state index in [-0.39, 0.29) is 12.4 Å². The molecule has 0 spiro atoms. The van der Waals surface area contributed by atoms with Gasteiger partial charge < -0.3 is 5.73 Å². The molecule has 2 N–H and O–H groups in total. The van der Waals surface area contributed by atoms with Crippen molar-refractivity contribution in [2.45, 2.75) is 13.3 Å². The van der Waals surface area contributed by atoms with Crippen LogP contribution in [0, 0.1) is 6.92 Å². The van der Waals surface area contributed by atoms with E-state index in [0.717, 1.165) is 13.0 Å². The van der Waals surface area contributed by atoms with E-state index in [1.807, 2.05) is 0 Å². The molecule has 0 unspecified atom stereocenters. The molecule has 1 nitrogen and oxygen atoms in total. The highest BCUT2D eigenvalue weighted by molar-refractivity contribution is 9.10. The molecule has 0 radical (unpaired) electrons. The van der Waals surface area contributed by atoms with E-state index in [9.17, 15) is 0 Å². The molecule has 0 saturated carbocycles. The highest BCUT2D eigenvalue weighted by Crippen LogP contribution is 2.16. The van der Waals surface area contributed by atoms with Crippen molar-refractivity contribution in [1.82, 2.24) is 0 Å². The zero-order valence-corrected chi connectivity index (χ0v) is 9.41. The summed E-state index contributed by atoms with van der Waals surface area (Å²) in [6.45, 7) is 2.81. The van der Waals surface area contributed by atoms with Gasteiger partial charge in [-0.3, -0.25) is 0 Å². The largest absolute Gasteiger partial charge is 0.330 e. The highest BCUT2D eigenvalue weighted by Gasteiger charge is 1.95. The molecule has 1 rings (SSSR count). The van der Waals surface area contributed by atoms with Gasteiger partial charge in [-0.1, -0.05) is 28.1 Å². The van der Waals surface area contributed by atoms with E-state index >= 15 is 0 Å². The molecule has 12 heavy (non-hydrogen) atoms. The summed E-state index contributed by atoms with van der Waals surface area (Å²) < 4.78 is 1.17. The second kappa shape index (κ2) is 5.57. The van der Waals surface area contributed by atoms with Crippen LogP contribution in [0.2, 0.25) is 0 Å². The maximum atomic E-state index is 5.44. The van der Waals surface area contributed by atoms with Gasteiger partial charge >= 0.3 is 0 Å². The van der Waals surface area contributed by atoms with Crippen LogP contribution in [0.25, 0.3) is 0 Å². The van der Waals surface area contributed by atoms with Gasteiger partial charge in [0.1, 0.15) is 0 Å². The smallest absolute Gasteiger partial charge is 0.0204 e. The van der Waals surface area contributed by atoms with Gasteiger partial charge in [0, 0.05) is 4.47 Å². The lowest BCUT2D eigenvalue weighted by Crippen LogP contribution is -2.02. The molecule has 0 aliphatic rings. The Morgan fingerprint density at radius 1 is 1.42 bits per heavy atom. The molecular formula is C9H13BrClN. The minimum Gasteiger partial charge on any atom is -0.330 e. The minimum absolute atomic E-state index is 0. The lowest BCUT2D eigenvalue weighted by molar-refractivity contribution is 0.966. The molecule has 1 aromatic rings. The fraction of sp³-hybridized carbons (Fsp3) is 0.333. The van der Waals surface area contributed by atoms with Crippen molar-refractivity contribution in [3.8, 4) is 0 Å². The van der Waals surface area contributed by atoms with Gasteiger partial charge in [0.2, 0.25) is 0 Å². The molecule has 0 saturated heterocycles. The summed E-state index contributed by atoms with van der Waals surface area (Å²) in [5, 5.41) is 0. The zero-order chi connectivity index (χ0) is 8.27. The first-order valence-corrected chi connectivity index (χ1v) is 4.48. The van der Waals surface area contributed by atoms with Gasteiger partial charge in [0.15, 0.2) is 0 Å². The Morgan fingerprint density at radius 2 is 2.08 bits per heavy atom. The monoisotopic (exact) mass is 249 g/mol. The molecule has 1 aromatic carbocycles. The van der Waals surface area contributed by atoms with E-state index < -0.39 is 0 Å². The van der Waals surface area contributed by atoms with Crippen LogP contribution in [-0.4, -0.2) is 6.54 Å². The van der Waals surface area contributed by atoms with Crippen molar-refractivity contribution in [2.75, 3.05) is 6.54 Å². The highest BCUT2D eigenvalue weighted by atomic mass is 79.9. The summed E-state index contributed by atoms with van der Waals surface area (Å²) in [6, 6.07) is 6.33. The Hall–Kier alpha value is -0.0500. The molecule has 0 amide bonds. The minimum atomic E-state index is 0. The molecule has 3 heteroatoms. The normalized spacial score (nSPS) is 9.25. The Bertz CT molecular complexity index is 250. The van der Waals surface area contributed by atoms with E-state index in [2.05, 4.69) is 41.1 Å². The van der Waals surface area contributed by atoms with Gasteiger partial charge in [0.25, 0.3) is 0 Å². The second-order valence-electron chi connectivity index (χ2n) is 2.62. The van der Waals surface area contributed by atoms with Crippen LogP contribution in [-0.2, 0) is 6.42 Å². The van der Waals surface area contributed by atoms with Crippen LogP contribution in [0.5, 0.6) is 0 Å². The number of nitrogens with two attached hydrogens (primary N) is 1. The van der Waals surface area contributed by atoms with E-state index in [0.29, 0.717) is 0 Å². The average molecular weight is 251 g/mol. The Labute approximate surface area is 87.9 Å². The summed E-state index contributed by atoms with van der Waals surface area (Å²) >= 11 is 3.45. The summed E-state index contributed by atoms with van der Waals surface area (Å²) in [6.07, 6.45) is 0.966. The number of hydrogen-bond acceptors (Lipinski definition) is 1. The van der Waals surface area contributed by atoms with E-state index in [4.69, 9.17) is 5.73 Å². The van der Waals surface area contributed by atoms with Gasteiger partial charge in [0.05, 0.1) is 0 Å². The molecule has 0 aromatic heterocycles. The molecule has 0 bridgehead atoms. The van der Waals surface area contributed by atoms with Crippen LogP contribution in [0.3, 0.4) is 0 Å². The average Bonchev–Trinajstić information content (AvgIpc) is 1.98. The lowest BCUT2D eigenvalue weighted by Gasteiger charge is -2.01. The molecule has 0 aliphatic carbocycles. The first-order valence-electron chi connectivity index (χ1n) is 3.69. The van der Waals surface area contributed by atoms with Crippen molar-refractivity contribution in [3.05, 3.63) is 33.8 Å². The van der Waals surface area contributed by atoms with Gasteiger partial charge in [-0.05, 0) is 37.1 Å². The first kappa shape index (κ1) is 11.9. The fourth-order valence-corrected chi connectivity index (χ4v) is 1.28. The van der Waals surface area contributed by atoms with Gasteiger partial charge in [-0.15, -0.1) is 12.4 Å². The number of hydrogen-bond donors (Lipinski definition) is 1. The van der Waals surface area contributed by atoms with Gasteiger partial charge in [-0.2, -0.15) is 0 Å². The third-order valence-electron chi connectivity index (χ3n) is 1.66. The van der Waals surface area contributed by atoms with Crippen molar-refractivity contribution in [3.63, 3.8) is 0 Å². The number of benzene rings is 1. The lowest BCUT2D eigenvalue weighted by atomic mass is 10.1. The summed E-state index contributed by atoms with van der Waals surface area (Å²) in [4.78, 5) is 0. The van der Waals surface area contributed by atoms with Crippen molar-refractivity contribution < 1.29 is 0 Å². The standard InChI is InChI=1S/C9H12BrN.ClH/c1-7-6-8(4-5-11)2-3-9(7)10;/h2-3,6H,4-5,11H2,1H3;1H. The second-order valence-corrected chi connectivity index (χ2v) is 3.48. The fourth-order valence-electron chi connectivity index (χ4n) is 1.03. The topological polar surface area (TPSA) is 26.0 Å². The zero-order valence-electron chi connectivity index (χ0n) is 7.01. The maximum absolute atomic E-state index is 5.44. The molecule has 0 aliphatic heterocycles. The van der Waals surface area contributed by atoms with Crippen molar-refractivity contribution in [2.24, 2.45) is 5.73 Å². The molecule has 0 fully saturated rings. The van der Waals surface area contributed by atoms with Crippen LogP contribution < -0.4 is 5.73 Å². The van der Waals surface area contributed by atoms with E-state index in [1.165, 1.54) is 15.6 Å². The first-order chi connectivity index (χ1) is 5.24. The number of halogens is 2. The Kier molecular flexibility index (Phi) is 5.55. The summed E-state index contributed by atoms with van der Waals surface area (Å²) in [5.74, 6) is 0. The SMILES string of the molecule is Cc1cc(CCN)ccc1Br.Cl. The van der Waals surface area contributed by atoms with Crippen LogP contribution in [0.1, 0.15) is 11.1 Å². The molecule has 0 heterocycles. The van der Waals surface area contributed by atoms with Crippen LogP contribution in [0.4, 0.5) is 0 Å². The van der Waals surface area contributed by atoms with Gasteiger partial charge in [-0.25, -0.2) is 0 Å². The third kappa shape index (κ3) is 3.13. The van der Waals surface area contributed by atoms with Crippen molar-refractivity contribution >= 4 is 28.3 Å². The Balaban J connectivity index is 0.00000121. The van der Waals surface area contributed by atoms with Crippen LogP contribution in [0.15, 0.2) is 22.7 Å². The van der Waals surface area contributed by atoms with E-state index in [1.54, 1.807) is 0 Å². The molecule has 68 valence electrons. The third-order valence-corrected chi connectivity index (χ3v) is 2.55. The summed E-state index contributed by atoms with van der Waals surface area (Å²) in [5.41, 5.74) is 8.02. The quantitative estimate of drug-likeness (QED) is 0.858. The van der Waals surface area contributed by atoms with Crippen LogP contribution >= 0.6 is 28.3 Å². The summed E-state index contributed by atoms with van der Waals surface area (Å²) in [7, 11) is 0. The predicted molar refractivity (Wildman–Crippen MR) is 58.9 cm³/mol.